The molecule has 0 bridgehead atoms. The molecule has 0 aliphatic carbocycles. The standard InChI is InChI=1S/C25H24N2O3/c1-27(25(28)20-9-5-7-11-23(20)30-3)24(17-12-14-18(29-2)15-13-17)21-16-26-22-10-6-4-8-19(21)22/h4-16,24,26H,1-3H3/t24-/m0/s1. The highest BCUT2D eigenvalue weighted by Gasteiger charge is 2.28. The molecule has 1 atom stereocenters. The average molecular weight is 400 g/mol. The molecule has 1 amide bonds. The maximum absolute atomic E-state index is 13.5. The quantitative estimate of drug-likeness (QED) is 0.493. The SMILES string of the molecule is COc1ccc([C@@H](c2c[nH]c3ccccc23)N(C)C(=O)c2ccccc2OC)cc1. The molecule has 4 rings (SSSR count). The number of fused-ring (bicyclic) bond motifs is 1. The number of amides is 1. The van der Waals surface area contributed by atoms with Crippen LogP contribution < -0.4 is 9.47 Å². The van der Waals surface area contributed by atoms with Gasteiger partial charge in [-0.05, 0) is 35.9 Å². The van der Waals surface area contributed by atoms with Crippen LogP contribution in [0.4, 0.5) is 0 Å². The number of carbonyl (C=O) groups is 1. The Morgan fingerprint density at radius 3 is 2.33 bits per heavy atom. The molecule has 1 heterocycles. The number of nitrogens with one attached hydrogen (secondary N) is 1. The predicted molar refractivity (Wildman–Crippen MR) is 118 cm³/mol. The van der Waals surface area contributed by atoms with E-state index >= 15 is 0 Å². The Labute approximate surface area is 175 Å². The van der Waals surface area contributed by atoms with E-state index < -0.39 is 0 Å². The fourth-order valence-electron chi connectivity index (χ4n) is 3.85. The molecular weight excluding hydrogens is 376 g/mol. The third kappa shape index (κ3) is 3.50. The zero-order valence-corrected chi connectivity index (χ0v) is 17.3. The van der Waals surface area contributed by atoms with Gasteiger partial charge in [-0.25, -0.2) is 0 Å². The van der Waals surface area contributed by atoms with Gasteiger partial charge < -0.3 is 19.4 Å². The highest BCUT2D eigenvalue weighted by atomic mass is 16.5. The molecule has 0 saturated heterocycles. The van der Waals surface area contributed by atoms with E-state index in [1.54, 1.807) is 31.3 Å². The van der Waals surface area contributed by atoms with Crippen molar-refractivity contribution in [2.75, 3.05) is 21.3 Å². The van der Waals surface area contributed by atoms with Crippen molar-refractivity contribution in [1.82, 2.24) is 9.88 Å². The molecule has 5 nitrogen and oxygen atoms in total. The summed E-state index contributed by atoms with van der Waals surface area (Å²) in [5.41, 5.74) is 3.58. The number of carbonyl (C=O) groups excluding carboxylic acids is 1. The smallest absolute Gasteiger partial charge is 0.258 e. The lowest BCUT2D eigenvalue weighted by Gasteiger charge is -2.29. The van der Waals surface area contributed by atoms with Crippen LogP contribution in [0.5, 0.6) is 11.5 Å². The number of methoxy groups -OCH3 is 2. The molecule has 152 valence electrons. The van der Waals surface area contributed by atoms with Crippen molar-refractivity contribution in [2.24, 2.45) is 0 Å². The molecular formula is C25H24N2O3. The summed E-state index contributed by atoms with van der Waals surface area (Å²) in [6.45, 7) is 0. The van der Waals surface area contributed by atoms with Crippen LogP contribution in [0.2, 0.25) is 0 Å². The number of rotatable bonds is 6. The van der Waals surface area contributed by atoms with Crippen molar-refractivity contribution in [3.8, 4) is 11.5 Å². The molecule has 5 heteroatoms. The zero-order chi connectivity index (χ0) is 21.1. The van der Waals surface area contributed by atoms with Crippen LogP contribution in [0.1, 0.15) is 27.5 Å². The second-order valence-corrected chi connectivity index (χ2v) is 7.08. The van der Waals surface area contributed by atoms with E-state index in [0.717, 1.165) is 27.8 Å². The van der Waals surface area contributed by atoms with Gasteiger partial charge in [0.05, 0.1) is 25.8 Å². The fourth-order valence-corrected chi connectivity index (χ4v) is 3.85. The van der Waals surface area contributed by atoms with Gasteiger partial charge in [0.15, 0.2) is 0 Å². The lowest BCUT2D eigenvalue weighted by Crippen LogP contribution is -2.32. The first-order valence-corrected chi connectivity index (χ1v) is 9.74. The summed E-state index contributed by atoms with van der Waals surface area (Å²) in [6.07, 6.45) is 1.98. The van der Waals surface area contributed by atoms with Crippen LogP contribution in [-0.2, 0) is 0 Å². The summed E-state index contributed by atoms with van der Waals surface area (Å²) in [7, 11) is 5.04. The third-order valence-corrected chi connectivity index (χ3v) is 5.39. The number of nitrogens with zero attached hydrogens (tertiary/aromatic N) is 1. The van der Waals surface area contributed by atoms with E-state index in [1.165, 1.54) is 0 Å². The minimum absolute atomic E-state index is 0.112. The highest BCUT2D eigenvalue weighted by Crippen LogP contribution is 2.35. The van der Waals surface area contributed by atoms with Gasteiger partial charge >= 0.3 is 0 Å². The number of para-hydroxylation sites is 2. The van der Waals surface area contributed by atoms with Crippen molar-refractivity contribution in [3.05, 3.63) is 95.7 Å². The Hall–Kier alpha value is -3.73. The number of H-pyrrole nitrogens is 1. The monoisotopic (exact) mass is 400 g/mol. The van der Waals surface area contributed by atoms with Crippen LogP contribution in [0.25, 0.3) is 10.9 Å². The predicted octanol–water partition coefficient (Wildman–Crippen LogP) is 5.05. The Balaban J connectivity index is 1.83. The van der Waals surface area contributed by atoms with Gasteiger partial charge in [0.2, 0.25) is 0 Å². The van der Waals surface area contributed by atoms with Gasteiger partial charge in [-0.15, -0.1) is 0 Å². The first kappa shape index (κ1) is 19.6. The van der Waals surface area contributed by atoms with E-state index in [2.05, 4.69) is 11.1 Å². The molecule has 3 aromatic carbocycles. The normalized spacial score (nSPS) is 11.8. The van der Waals surface area contributed by atoms with Crippen LogP contribution in [-0.4, -0.2) is 37.1 Å². The lowest BCUT2D eigenvalue weighted by atomic mass is 9.96. The van der Waals surface area contributed by atoms with Crippen molar-refractivity contribution < 1.29 is 14.3 Å². The Bertz CT molecular complexity index is 1160. The second-order valence-electron chi connectivity index (χ2n) is 7.08. The van der Waals surface area contributed by atoms with Gasteiger partial charge in [-0.1, -0.05) is 42.5 Å². The molecule has 0 fully saturated rings. The first-order chi connectivity index (χ1) is 14.6. The third-order valence-electron chi connectivity index (χ3n) is 5.39. The summed E-state index contributed by atoms with van der Waals surface area (Å²) in [6, 6.07) is 22.9. The van der Waals surface area contributed by atoms with E-state index in [4.69, 9.17) is 9.47 Å². The van der Waals surface area contributed by atoms with E-state index in [1.807, 2.05) is 67.8 Å². The molecule has 0 unspecified atom stereocenters. The number of aromatic amines is 1. The summed E-state index contributed by atoms with van der Waals surface area (Å²) in [5.74, 6) is 1.22. The Morgan fingerprint density at radius 2 is 1.60 bits per heavy atom. The zero-order valence-electron chi connectivity index (χ0n) is 17.3. The lowest BCUT2D eigenvalue weighted by molar-refractivity contribution is 0.0752. The Morgan fingerprint density at radius 1 is 0.900 bits per heavy atom. The molecule has 30 heavy (non-hydrogen) atoms. The number of hydrogen-bond acceptors (Lipinski definition) is 3. The van der Waals surface area contributed by atoms with Gasteiger partial charge in [-0.2, -0.15) is 0 Å². The average Bonchev–Trinajstić information content (AvgIpc) is 3.23. The van der Waals surface area contributed by atoms with Crippen molar-refractivity contribution in [2.45, 2.75) is 6.04 Å². The maximum Gasteiger partial charge on any atom is 0.258 e. The van der Waals surface area contributed by atoms with Crippen molar-refractivity contribution in [3.63, 3.8) is 0 Å². The van der Waals surface area contributed by atoms with Crippen molar-refractivity contribution in [1.29, 1.82) is 0 Å². The van der Waals surface area contributed by atoms with Crippen LogP contribution >= 0.6 is 0 Å². The highest BCUT2D eigenvalue weighted by molar-refractivity contribution is 5.97. The van der Waals surface area contributed by atoms with Crippen LogP contribution in [0.3, 0.4) is 0 Å². The fraction of sp³-hybridized carbons (Fsp3) is 0.160. The largest absolute Gasteiger partial charge is 0.497 e. The molecule has 0 radical (unpaired) electrons. The summed E-state index contributed by atoms with van der Waals surface area (Å²) >= 11 is 0. The van der Waals surface area contributed by atoms with Gasteiger partial charge in [0.1, 0.15) is 11.5 Å². The number of hydrogen-bond donors (Lipinski definition) is 1. The molecule has 0 aliphatic rings. The molecule has 1 aromatic heterocycles. The molecule has 0 spiro atoms. The molecule has 0 aliphatic heterocycles. The van der Waals surface area contributed by atoms with Gasteiger partial charge in [-0.3, -0.25) is 4.79 Å². The van der Waals surface area contributed by atoms with Crippen LogP contribution in [0.15, 0.2) is 79.0 Å². The minimum Gasteiger partial charge on any atom is -0.497 e. The van der Waals surface area contributed by atoms with E-state index in [9.17, 15) is 4.79 Å². The number of benzene rings is 3. The topological polar surface area (TPSA) is 54.6 Å². The molecule has 1 N–H and O–H groups in total. The number of aromatic nitrogens is 1. The van der Waals surface area contributed by atoms with E-state index in [-0.39, 0.29) is 11.9 Å². The van der Waals surface area contributed by atoms with Gasteiger partial charge in [0.25, 0.3) is 5.91 Å². The number of ether oxygens (including phenoxy) is 2. The summed E-state index contributed by atoms with van der Waals surface area (Å²) < 4.78 is 10.7. The molecule has 0 saturated carbocycles. The van der Waals surface area contributed by atoms with Gasteiger partial charge in [0, 0.05) is 29.7 Å². The first-order valence-electron chi connectivity index (χ1n) is 9.74. The van der Waals surface area contributed by atoms with E-state index in [0.29, 0.717) is 11.3 Å². The minimum atomic E-state index is -0.288. The second kappa shape index (κ2) is 8.33. The van der Waals surface area contributed by atoms with Crippen LogP contribution in [0, 0.1) is 0 Å². The summed E-state index contributed by atoms with van der Waals surface area (Å²) in [4.78, 5) is 18.6. The molecule has 4 aromatic rings. The summed E-state index contributed by atoms with van der Waals surface area (Å²) in [5, 5.41) is 1.08. The maximum atomic E-state index is 13.5. The van der Waals surface area contributed by atoms with Crippen molar-refractivity contribution >= 4 is 16.8 Å². The Kier molecular flexibility index (Phi) is 5.44.